The fraction of sp³-hybridized carbons (Fsp3) is 0.222. The van der Waals surface area contributed by atoms with Gasteiger partial charge in [-0.3, -0.25) is 4.57 Å². The van der Waals surface area contributed by atoms with Gasteiger partial charge in [-0.1, -0.05) is 0 Å². The first-order valence-electron chi connectivity index (χ1n) is 4.01. The molecule has 0 bridgehead atoms. The van der Waals surface area contributed by atoms with Gasteiger partial charge in [0.1, 0.15) is 5.82 Å². The zero-order valence-electron chi connectivity index (χ0n) is 7.27. The Bertz CT molecular complexity index is 390. The molecule has 4 heteroatoms. The van der Waals surface area contributed by atoms with Gasteiger partial charge in [-0.25, -0.2) is 4.98 Å². The number of imidazole rings is 1. The summed E-state index contributed by atoms with van der Waals surface area (Å²) in [5, 5.41) is 9.03. The molecule has 13 heavy (non-hydrogen) atoms. The first kappa shape index (κ1) is 8.07. The lowest BCUT2D eigenvalue weighted by Gasteiger charge is -2.03. The van der Waals surface area contributed by atoms with E-state index in [1.54, 1.807) is 23.1 Å². The summed E-state index contributed by atoms with van der Waals surface area (Å²) in [6.45, 7) is 1.82. The van der Waals surface area contributed by atoms with Crippen LogP contribution < -0.4 is 0 Å². The lowest BCUT2D eigenvalue weighted by atomic mass is 10.4. The lowest BCUT2D eigenvalue weighted by Crippen LogP contribution is -2.00. The van der Waals surface area contributed by atoms with E-state index in [9.17, 15) is 0 Å². The molecule has 0 spiro atoms. The van der Waals surface area contributed by atoms with Crippen molar-refractivity contribution in [1.82, 2.24) is 9.55 Å². The second kappa shape index (κ2) is 3.06. The molecule has 2 rings (SSSR count). The van der Waals surface area contributed by atoms with Crippen LogP contribution in [0.4, 0.5) is 0 Å². The minimum Gasteiger partial charge on any atom is -0.448 e. The van der Waals surface area contributed by atoms with Crippen molar-refractivity contribution in [2.75, 3.05) is 0 Å². The molecular weight excluding hydrogens is 168 g/mol. The molecule has 1 N–H and O–H groups in total. The van der Waals surface area contributed by atoms with E-state index in [0.29, 0.717) is 5.88 Å². The zero-order chi connectivity index (χ0) is 9.26. The Morgan fingerprint density at radius 3 is 3.08 bits per heavy atom. The second-order valence-electron chi connectivity index (χ2n) is 2.74. The number of aliphatic hydroxyl groups is 1. The van der Waals surface area contributed by atoms with Crippen LogP contribution in [0.25, 0.3) is 5.88 Å². The molecule has 0 saturated carbocycles. The van der Waals surface area contributed by atoms with Crippen molar-refractivity contribution >= 4 is 0 Å². The third-order valence-corrected chi connectivity index (χ3v) is 1.90. The highest BCUT2D eigenvalue weighted by molar-refractivity contribution is 5.24. The van der Waals surface area contributed by atoms with Crippen molar-refractivity contribution in [3.63, 3.8) is 0 Å². The molecule has 2 heterocycles. The van der Waals surface area contributed by atoms with Crippen LogP contribution in [0.1, 0.15) is 11.5 Å². The number of hydrogen-bond acceptors (Lipinski definition) is 3. The molecule has 0 aliphatic carbocycles. The van der Waals surface area contributed by atoms with Gasteiger partial charge < -0.3 is 9.52 Å². The number of hydrogen-bond donors (Lipinski definition) is 1. The molecule has 0 radical (unpaired) electrons. The van der Waals surface area contributed by atoms with E-state index < -0.39 is 0 Å². The van der Waals surface area contributed by atoms with Crippen molar-refractivity contribution in [2.24, 2.45) is 0 Å². The number of aliphatic hydroxyl groups excluding tert-OH is 1. The summed E-state index contributed by atoms with van der Waals surface area (Å²) in [4.78, 5) is 4.09. The lowest BCUT2D eigenvalue weighted by molar-refractivity contribution is 0.273. The van der Waals surface area contributed by atoms with Crippen molar-refractivity contribution in [1.29, 1.82) is 0 Å². The van der Waals surface area contributed by atoms with Gasteiger partial charge in [-0.15, -0.1) is 0 Å². The maximum atomic E-state index is 9.03. The maximum absolute atomic E-state index is 9.03. The van der Waals surface area contributed by atoms with Crippen LogP contribution in [0.15, 0.2) is 29.0 Å². The Morgan fingerprint density at radius 2 is 2.46 bits per heavy atom. The topological polar surface area (TPSA) is 51.2 Å². The highest BCUT2D eigenvalue weighted by Gasteiger charge is 2.08. The Hall–Kier alpha value is -1.55. The van der Waals surface area contributed by atoms with Crippen LogP contribution in [0, 0.1) is 6.92 Å². The van der Waals surface area contributed by atoms with E-state index in [0.717, 1.165) is 11.5 Å². The minimum atomic E-state index is -0.0401. The molecule has 0 unspecified atom stereocenters. The van der Waals surface area contributed by atoms with Crippen LogP contribution in [-0.2, 0) is 6.61 Å². The predicted molar refractivity (Wildman–Crippen MR) is 46.5 cm³/mol. The molecule has 2 aromatic rings. The van der Waals surface area contributed by atoms with Gasteiger partial charge >= 0.3 is 0 Å². The molecule has 4 nitrogen and oxygen atoms in total. The minimum absolute atomic E-state index is 0.0401. The highest BCUT2D eigenvalue weighted by atomic mass is 16.3. The van der Waals surface area contributed by atoms with Gasteiger partial charge in [-0.2, -0.15) is 0 Å². The number of nitrogens with zero attached hydrogens (tertiary/aromatic N) is 2. The van der Waals surface area contributed by atoms with Gasteiger partial charge in [0.15, 0.2) is 0 Å². The van der Waals surface area contributed by atoms with Gasteiger partial charge in [0.05, 0.1) is 24.8 Å². The average molecular weight is 178 g/mol. The average Bonchev–Trinajstić information content (AvgIpc) is 2.72. The summed E-state index contributed by atoms with van der Waals surface area (Å²) in [6.07, 6.45) is 3.23. The molecule has 0 amide bonds. The van der Waals surface area contributed by atoms with Crippen LogP contribution in [0.5, 0.6) is 0 Å². The van der Waals surface area contributed by atoms with Gasteiger partial charge in [0.25, 0.3) is 0 Å². The summed E-state index contributed by atoms with van der Waals surface area (Å²) >= 11 is 0. The number of rotatable bonds is 2. The van der Waals surface area contributed by atoms with E-state index in [2.05, 4.69) is 4.98 Å². The largest absolute Gasteiger partial charge is 0.448 e. The molecule has 0 saturated heterocycles. The number of furan rings is 1. The first-order chi connectivity index (χ1) is 6.33. The quantitative estimate of drug-likeness (QED) is 0.753. The smallest absolute Gasteiger partial charge is 0.204 e. The summed E-state index contributed by atoms with van der Waals surface area (Å²) < 4.78 is 6.99. The molecule has 0 atom stereocenters. The summed E-state index contributed by atoms with van der Waals surface area (Å²) in [6, 6.07) is 3.63. The standard InChI is InChI=1S/C9H10N2O2/c1-7-10-5-8(6-12)11(7)9-3-2-4-13-9/h2-5,12H,6H2,1H3. The van der Waals surface area contributed by atoms with E-state index in [4.69, 9.17) is 9.52 Å². The van der Waals surface area contributed by atoms with Crippen molar-refractivity contribution in [2.45, 2.75) is 13.5 Å². The molecule has 0 fully saturated rings. The highest BCUT2D eigenvalue weighted by Crippen LogP contribution is 2.14. The SMILES string of the molecule is Cc1ncc(CO)n1-c1ccco1. The molecule has 68 valence electrons. The van der Waals surface area contributed by atoms with E-state index >= 15 is 0 Å². The molecule has 0 aliphatic rings. The normalized spacial score (nSPS) is 10.6. The fourth-order valence-electron chi connectivity index (χ4n) is 1.30. The third-order valence-electron chi connectivity index (χ3n) is 1.90. The van der Waals surface area contributed by atoms with Gasteiger partial charge in [-0.05, 0) is 13.0 Å². The second-order valence-corrected chi connectivity index (χ2v) is 2.74. The van der Waals surface area contributed by atoms with Crippen LogP contribution >= 0.6 is 0 Å². The molecule has 2 aromatic heterocycles. The van der Waals surface area contributed by atoms with E-state index in [1.165, 1.54) is 0 Å². The van der Waals surface area contributed by atoms with Gasteiger partial charge in [0, 0.05) is 6.07 Å². The van der Waals surface area contributed by atoms with Crippen LogP contribution in [-0.4, -0.2) is 14.7 Å². The zero-order valence-corrected chi connectivity index (χ0v) is 7.27. The van der Waals surface area contributed by atoms with Crippen LogP contribution in [0.2, 0.25) is 0 Å². The Kier molecular flexibility index (Phi) is 1.90. The maximum Gasteiger partial charge on any atom is 0.204 e. The van der Waals surface area contributed by atoms with Crippen molar-refractivity contribution in [3.8, 4) is 5.88 Å². The Balaban J connectivity index is 2.55. The summed E-state index contributed by atoms with van der Waals surface area (Å²) in [7, 11) is 0. The molecule has 0 aliphatic heterocycles. The Labute approximate surface area is 75.4 Å². The monoisotopic (exact) mass is 178 g/mol. The first-order valence-corrected chi connectivity index (χ1v) is 4.01. The molecule has 0 aromatic carbocycles. The van der Waals surface area contributed by atoms with E-state index in [-0.39, 0.29) is 6.61 Å². The molecular formula is C9H10N2O2. The predicted octanol–water partition coefficient (Wildman–Crippen LogP) is 1.27. The van der Waals surface area contributed by atoms with Crippen LogP contribution in [0.3, 0.4) is 0 Å². The Morgan fingerprint density at radius 1 is 1.62 bits per heavy atom. The van der Waals surface area contributed by atoms with Crippen molar-refractivity contribution in [3.05, 3.63) is 36.1 Å². The van der Waals surface area contributed by atoms with Crippen molar-refractivity contribution < 1.29 is 9.52 Å². The fourth-order valence-corrected chi connectivity index (χ4v) is 1.30. The van der Waals surface area contributed by atoms with Gasteiger partial charge in [0.2, 0.25) is 5.88 Å². The number of aryl methyl sites for hydroxylation is 1. The summed E-state index contributed by atoms with van der Waals surface area (Å²) in [5.74, 6) is 1.48. The summed E-state index contributed by atoms with van der Waals surface area (Å²) in [5.41, 5.74) is 0.729. The third kappa shape index (κ3) is 1.25. The number of aromatic nitrogens is 2. The van der Waals surface area contributed by atoms with E-state index in [1.807, 2.05) is 13.0 Å².